The van der Waals surface area contributed by atoms with Crippen molar-refractivity contribution in [2.75, 3.05) is 16.0 Å². The average Bonchev–Trinajstić information content (AvgIpc) is 2.75. The molecule has 4 N–H and O–H groups in total. The lowest BCUT2D eigenvalue weighted by atomic mass is 9.92. The van der Waals surface area contributed by atoms with E-state index in [4.69, 9.17) is 0 Å². The van der Waals surface area contributed by atoms with Crippen LogP contribution >= 0.6 is 0 Å². The molecule has 0 radical (unpaired) electrons. The van der Waals surface area contributed by atoms with Crippen molar-refractivity contribution in [3.05, 3.63) is 75.8 Å². The number of amides is 2. The summed E-state index contributed by atoms with van der Waals surface area (Å²) in [5.74, 6) is -2.17. The molecule has 31 heavy (non-hydrogen) atoms. The maximum absolute atomic E-state index is 13.1. The highest BCUT2D eigenvalue weighted by molar-refractivity contribution is 6.04. The van der Waals surface area contributed by atoms with E-state index in [9.17, 15) is 18.8 Å². The lowest BCUT2D eigenvalue weighted by molar-refractivity contribution is -0.123. The number of fused-ring (bicyclic) bond motifs is 1. The van der Waals surface area contributed by atoms with Gasteiger partial charge in [-0.25, -0.2) is 4.39 Å². The van der Waals surface area contributed by atoms with Gasteiger partial charge in [-0.05, 0) is 42.3 Å². The van der Waals surface area contributed by atoms with E-state index in [1.54, 1.807) is 12.1 Å². The molecule has 4 rings (SSSR count). The number of aromatic amines is 1. The molecule has 3 aromatic rings. The van der Waals surface area contributed by atoms with Gasteiger partial charge in [0.05, 0.1) is 11.5 Å². The predicted octanol–water partition coefficient (Wildman–Crippen LogP) is 3.28. The summed E-state index contributed by atoms with van der Waals surface area (Å²) in [7, 11) is 0. The molecule has 9 heteroatoms. The first kappa shape index (κ1) is 20.3. The van der Waals surface area contributed by atoms with Crippen LogP contribution in [0.1, 0.15) is 30.4 Å². The Morgan fingerprint density at radius 1 is 1.16 bits per heavy atom. The summed E-state index contributed by atoms with van der Waals surface area (Å²) in [6, 6.07) is 12.8. The van der Waals surface area contributed by atoms with Crippen LogP contribution in [0.3, 0.4) is 0 Å². The fourth-order valence-electron chi connectivity index (χ4n) is 3.49. The summed E-state index contributed by atoms with van der Waals surface area (Å²) in [4.78, 5) is 44.8. The Morgan fingerprint density at radius 2 is 1.90 bits per heavy atom. The van der Waals surface area contributed by atoms with Crippen LogP contribution in [0.5, 0.6) is 0 Å². The van der Waals surface area contributed by atoms with Crippen LogP contribution in [0.15, 0.2) is 53.3 Å². The Balaban J connectivity index is 1.64. The molecule has 0 bridgehead atoms. The van der Waals surface area contributed by atoms with E-state index in [1.165, 1.54) is 24.3 Å². The summed E-state index contributed by atoms with van der Waals surface area (Å²) >= 11 is 0. The van der Waals surface area contributed by atoms with Gasteiger partial charge in [0.15, 0.2) is 0 Å². The van der Waals surface area contributed by atoms with E-state index in [2.05, 4.69) is 25.9 Å². The molecule has 0 aliphatic carbocycles. The molecule has 2 heterocycles. The lowest BCUT2D eigenvalue weighted by Gasteiger charge is -2.24. The van der Waals surface area contributed by atoms with Gasteiger partial charge in [0, 0.05) is 17.8 Å². The lowest BCUT2D eigenvalue weighted by Crippen LogP contribution is -2.36. The number of para-hydroxylation sites is 1. The minimum absolute atomic E-state index is 0.0218. The molecule has 2 aromatic carbocycles. The van der Waals surface area contributed by atoms with Crippen LogP contribution in [-0.2, 0) is 16.0 Å². The Kier molecular flexibility index (Phi) is 5.48. The predicted molar refractivity (Wildman–Crippen MR) is 115 cm³/mol. The van der Waals surface area contributed by atoms with Gasteiger partial charge >= 0.3 is 0 Å². The number of hydrogen-bond donors (Lipinski definition) is 4. The second-order valence-corrected chi connectivity index (χ2v) is 7.11. The minimum atomic E-state index is -0.982. The Morgan fingerprint density at radius 3 is 2.65 bits per heavy atom. The number of anilines is 4. The van der Waals surface area contributed by atoms with Crippen LogP contribution < -0.4 is 21.5 Å². The number of carbonyl (C=O) groups excluding carboxylic acids is 2. The van der Waals surface area contributed by atoms with Gasteiger partial charge in [-0.2, -0.15) is 4.98 Å². The second kappa shape index (κ2) is 8.39. The van der Waals surface area contributed by atoms with Crippen LogP contribution in [0, 0.1) is 5.82 Å². The molecule has 1 aromatic heterocycles. The quantitative estimate of drug-likeness (QED) is 0.505. The summed E-state index contributed by atoms with van der Waals surface area (Å²) in [6.45, 7) is 1.97. The first-order valence-electron chi connectivity index (χ1n) is 9.80. The average molecular weight is 421 g/mol. The minimum Gasteiger partial charge on any atom is -0.326 e. The van der Waals surface area contributed by atoms with Gasteiger partial charge in [0.1, 0.15) is 11.6 Å². The number of benzene rings is 2. The van der Waals surface area contributed by atoms with E-state index in [-0.39, 0.29) is 23.8 Å². The van der Waals surface area contributed by atoms with Crippen molar-refractivity contribution in [1.82, 2.24) is 9.97 Å². The van der Waals surface area contributed by atoms with E-state index < -0.39 is 29.1 Å². The van der Waals surface area contributed by atoms with Gasteiger partial charge in [0.25, 0.3) is 5.56 Å². The first-order valence-corrected chi connectivity index (χ1v) is 9.80. The molecule has 1 atom stereocenters. The van der Waals surface area contributed by atoms with Crippen molar-refractivity contribution in [3.63, 3.8) is 0 Å². The molecule has 158 valence electrons. The molecule has 0 saturated heterocycles. The molecule has 1 aliphatic rings. The number of halogens is 1. The second-order valence-electron chi connectivity index (χ2n) is 7.11. The Labute approximate surface area is 176 Å². The molecule has 1 aliphatic heterocycles. The number of aryl methyl sites for hydroxylation is 1. The third-order valence-corrected chi connectivity index (χ3v) is 5.03. The topological polar surface area (TPSA) is 116 Å². The van der Waals surface area contributed by atoms with Gasteiger partial charge < -0.3 is 16.0 Å². The fourth-order valence-corrected chi connectivity index (χ4v) is 3.49. The van der Waals surface area contributed by atoms with Crippen molar-refractivity contribution < 1.29 is 14.0 Å². The van der Waals surface area contributed by atoms with Crippen LogP contribution in [0.4, 0.5) is 27.5 Å². The normalized spacial score (nSPS) is 15.0. The van der Waals surface area contributed by atoms with Gasteiger partial charge in [-0.3, -0.25) is 19.4 Å². The SMILES string of the molecule is CCc1ccccc1NC(=O)C1CC(=O)Nc2nc(Nc3ccc(F)cc3)[nH]c(=O)c21. The highest BCUT2D eigenvalue weighted by atomic mass is 19.1. The van der Waals surface area contributed by atoms with E-state index in [0.717, 1.165) is 12.0 Å². The molecule has 8 nitrogen and oxygen atoms in total. The van der Waals surface area contributed by atoms with Gasteiger partial charge in [0.2, 0.25) is 17.8 Å². The first-order chi connectivity index (χ1) is 14.9. The number of nitrogens with zero attached hydrogens (tertiary/aromatic N) is 1. The Hall–Kier alpha value is -4.01. The van der Waals surface area contributed by atoms with Crippen molar-refractivity contribution >= 4 is 35.0 Å². The number of carbonyl (C=O) groups is 2. The molecular weight excluding hydrogens is 401 g/mol. The largest absolute Gasteiger partial charge is 0.326 e. The van der Waals surface area contributed by atoms with Gasteiger partial charge in [-0.15, -0.1) is 0 Å². The molecule has 0 saturated carbocycles. The van der Waals surface area contributed by atoms with Crippen LogP contribution in [-0.4, -0.2) is 21.8 Å². The summed E-state index contributed by atoms with van der Waals surface area (Å²) in [5.41, 5.74) is 1.63. The third-order valence-electron chi connectivity index (χ3n) is 5.03. The maximum Gasteiger partial charge on any atom is 0.258 e. The number of H-pyrrole nitrogens is 1. The fraction of sp³-hybridized carbons (Fsp3) is 0.182. The smallest absolute Gasteiger partial charge is 0.258 e. The zero-order valence-electron chi connectivity index (χ0n) is 16.7. The highest BCUT2D eigenvalue weighted by Crippen LogP contribution is 2.30. The summed E-state index contributed by atoms with van der Waals surface area (Å²) in [5, 5.41) is 8.24. The number of nitrogens with one attached hydrogen (secondary N) is 4. The number of aromatic nitrogens is 2. The number of hydrogen-bond acceptors (Lipinski definition) is 5. The van der Waals surface area contributed by atoms with Crippen molar-refractivity contribution in [3.8, 4) is 0 Å². The van der Waals surface area contributed by atoms with Crippen LogP contribution in [0.25, 0.3) is 0 Å². The highest BCUT2D eigenvalue weighted by Gasteiger charge is 2.35. The summed E-state index contributed by atoms with van der Waals surface area (Å²) < 4.78 is 13.1. The van der Waals surface area contributed by atoms with Crippen LogP contribution in [0.2, 0.25) is 0 Å². The molecule has 0 spiro atoms. The number of rotatable bonds is 5. The third kappa shape index (κ3) is 4.30. The molecular formula is C22H20FN5O3. The maximum atomic E-state index is 13.1. The molecule has 1 unspecified atom stereocenters. The molecule has 2 amide bonds. The van der Waals surface area contributed by atoms with E-state index in [0.29, 0.717) is 11.4 Å². The van der Waals surface area contributed by atoms with E-state index in [1.807, 2.05) is 19.1 Å². The zero-order valence-corrected chi connectivity index (χ0v) is 16.7. The summed E-state index contributed by atoms with van der Waals surface area (Å²) in [6.07, 6.45) is 0.557. The monoisotopic (exact) mass is 421 g/mol. The zero-order chi connectivity index (χ0) is 22.0. The molecule has 0 fully saturated rings. The Bertz CT molecular complexity index is 1210. The van der Waals surface area contributed by atoms with Crippen molar-refractivity contribution in [1.29, 1.82) is 0 Å². The van der Waals surface area contributed by atoms with E-state index >= 15 is 0 Å². The van der Waals surface area contributed by atoms with Gasteiger partial charge in [-0.1, -0.05) is 25.1 Å². The van der Waals surface area contributed by atoms with Crippen molar-refractivity contribution in [2.45, 2.75) is 25.7 Å². The van der Waals surface area contributed by atoms with Crippen molar-refractivity contribution in [2.24, 2.45) is 0 Å². The standard InChI is InChI=1S/C22H20FN5O3/c1-2-12-5-3-4-6-16(12)25-20(30)15-11-17(29)26-19-18(15)21(31)28-22(27-19)24-14-9-7-13(23)8-10-14/h3-10,15H,2,11H2,1H3,(H,25,30)(H3,24,26,27,28,29,31).